The number of carboxylic acids is 1. The van der Waals surface area contributed by atoms with Crippen LogP contribution in [0, 0.1) is 0 Å². The summed E-state index contributed by atoms with van der Waals surface area (Å²) in [6, 6.07) is -0.578. The van der Waals surface area contributed by atoms with E-state index >= 15 is 0 Å². The van der Waals surface area contributed by atoms with Gasteiger partial charge in [-0.05, 0) is 20.3 Å². The van der Waals surface area contributed by atoms with Gasteiger partial charge in [-0.15, -0.1) is 0 Å². The third kappa shape index (κ3) is 7.50. The van der Waals surface area contributed by atoms with E-state index < -0.39 is 12.0 Å². The van der Waals surface area contributed by atoms with E-state index in [9.17, 15) is 9.90 Å². The Balaban J connectivity index is 4.21. The lowest BCUT2D eigenvalue weighted by molar-refractivity contribution is -0.145. The third-order valence-electron chi connectivity index (χ3n) is 3.42. The van der Waals surface area contributed by atoms with Gasteiger partial charge in [0.25, 0.3) is 0 Å². The molecule has 3 unspecified atom stereocenters. The lowest BCUT2D eigenvalue weighted by Crippen LogP contribution is -2.57. The minimum Gasteiger partial charge on any atom is -0.480 e. The molecule has 0 amide bonds. The van der Waals surface area contributed by atoms with E-state index in [1.807, 2.05) is 0 Å². The highest BCUT2D eigenvalue weighted by molar-refractivity contribution is 5.73. The lowest BCUT2D eigenvalue weighted by atomic mass is 10.0. The number of carbonyl (C=O) groups is 1. The van der Waals surface area contributed by atoms with E-state index in [-0.39, 0.29) is 12.3 Å². The molecule has 0 rings (SSSR count). The predicted octanol–water partition coefficient (Wildman–Crippen LogP) is 2.10. The second kappa shape index (κ2) is 10.2. The van der Waals surface area contributed by atoms with Gasteiger partial charge in [0.1, 0.15) is 6.04 Å². The summed E-state index contributed by atoms with van der Waals surface area (Å²) >= 11 is 0. The first-order chi connectivity index (χ1) is 8.91. The van der Waals surface area contributed by atoms with Crippen LogP contribution in [0.1, 0.15) is 65.7 Å². The van der Waals surface area contributed by atoms with Crippen molar-refractivity contribution >= 4 is 5.97 Å². The van der Waals surface area contributed by atoms with Crippen molar-refractivity contribution in [3.8, 4) is 0 Å². The average molecular weight is 273 g/mol. The van der Waals surface area contributed by atoms with Crippen LogP contribution in [0.2, 0.25) is 0 Å². The first-order valence-corrected chi connectivity index (χ1v) is 7.43. The van der Waals surface area contributed by atoms with Gasteiger partial charge in [-0.1, -0.05) is 45.4 Å². The van der Waals surface area contributed by atoms with Crippen LogP contribution in [0.15, 0.2) is 0 Å². The van der Waals surface area contributed by atoms with Crippen LogP contribution in [-0.4, -0.2) is 34.3 Å². The number of nitrogens with two attached hydrogens (primary N) is 2. The molecule has 0 heterocycles. The van der Waals surface area contributed by atoms with Gasteiger partial charge in [-0.3, -0.25) is 9.69 Å². The smallest absolute Gasteiger partial charge is 0.321 e. The zero-order chi connectivity index (χ0) is 14.8. The molecule has 0 aliphatic rings. The van der Waals surface area contributed by atoms with Crippen LogP contribution in [0.5, 0.6) is 0 Å². The molecule has 114 valence electrons. The van der Waals surface area contributed by atoms with E-state index in [1.54, 1.807) is 18.7 Å². The average Bonchev–Trinajstić information content (AvgIpc) is 2.30. The van der Waals surface area contributed by atoms with Crippen molar-refractivity contribution in [1.82, 2.24) is 4.90 Å². The van der Waals surface area contributed by atoms with E-state index in [2.05, 4.69) is 6.92 Å². The Bertz CT molecular complexity index is 237. The van der Waals surface area contributed by atoms with Crippen molar-refractivity contribution in [2.24, 2.45) is 11.5 Å². The minimum atomic E-state index is -0.830. The summed E-state index contributed by atoms with van der Waals surface area (Å²) in [5.41, 5.74) is 11.7. The molecule has 5 nitrogen and oxygen atoms in total. The summed E-state index contributed by atoms with van der Waals surface area (Å²) in [4.78, 5) is 13.0. The summed E-state index contributed by atoms with van der Waals surface area (Å²) in [6.45, 7) is 5.74. The molecule has 0 bridgehead atoms. The maximum atomic E-state index is 11.4. The molecule has 0 saturated carbocycles. The zero-order valence-electron chi connectivity index (χ0n) is 12.6. The molecule has 5 N–H and O–H groups in total. The molecule has 0 aromatic rings. The molecular formula is C14H31N3O2. The molecule has 0 radical (unpaired) electrons. The number of rotatable bonds is 11. The molecule has 5 heteroatoms. The Kier molecular flexibility index (Phi) is 9.83. The molecule has 0 fully saturated rings. The molecule has 0 aromatic heterocycles. The van der Waals surface area contributed by atoms with Gasteiger partial charge in [-0.2, -0.15) is 0 Å². The zero-order valence-corrected chi connectivity index (χ0v) is 12.6. The first-order valence-electron chi connectivity index (χ1n) is 7.43. The minimum absolute atomic E-state index is 0.346. The number of nitrogens with zero attached hydrogens (tertiary/aromatic N) is 1. The van der Waals surface area contributed by atoms with Crippen molar-refractivity contribution in [2.75, 3.05) is 0 Å². The Labute approximate surface area is 117 Å². The SMILES string of the molecule is CCCCCCCCC(C(=O)O)N(C(C)N)C(C)N. The topological polar surface area (TPSA) is 92.6 Å². The van der Waals surface area contributed by atoms with E-state index in [1.165, 1.54) is 25.7 Å². The number of unbranched alkanes of at least 4 members (excludes halogenated alkanes) is 5. The maximum absolute atomic E-state index is 11.4. The van der Waals surface area contributed by atoms with Crippen LogP contribution in [0.3, 0.4) is 0 Å². The van der Waals surface area contributed by atoms with Crippen molar-refractivity contribution in [3.05, 3.63) is 0 Å². The number of hydrogen-bond donors (Lipinski definition) is 3. The fourth-order valence-electron chi connectivity index (χ4n) is 2.46. The molecule has 0 saturated heterocycles. The van der Waals surface area contributed by atoms with E-state index in [0.29, 0.717) is 6.42 Å². The van der Waals surface area contributed by atoms with Gasteiger partial charge in [0.15, 0.2) is 0 Å². The largest absolute Gasteiger partial charge is 0.480 e. The van der Waals surface area contributed by atoms with Crippen molar-refractivity contribution in [1.29, 1.82) is 0 Å². The normalized spacial score (nSPS) is 16.3. The highest BCUT2D eigenvalue weighted by atomic mass is 16.4. The van der Waals surface area contributed by atoms with Gasteiger partial charge < -0.3 is 16.6 Å². The Morgan fingerprint density at radius 1 is 1.05 bits per heavy atom. The molecular weight excluding hydrogens is 242 g/mol. The highest BCUT2D eigenvalue weighted by Crippen LogP contribution is 2.15. The summed E-state index contributed by atoms with van der Waals surface area (Å²) in [5.74, 6) is -0.830. The van der Waals surface area contributed by atoms with Crippen LogP contribution in [-0.2, 0) is 4.79 Å². The van der Waals surface area contributed by atoms with Crippen molar-refractivity contribution < 1.29 is 9.90 Å². The third-order valence-corrected chi connectivity index (χ3v) is 3.42. The van der Waals surface area contributed by atoms with E-state index in [4.69, 9.17) is 11.5 Å². The maximum Gasteiger partial charge on any atom is 0.321 e. The summed E-state index contributed by atoms with van der Waals surface area (Å²) in [6.07, 6.45) is 6.81. The molecule has 3 atom stereocenters. The Morgan fingerprint density at radius 2 is 1.53 bits per heavy atom. The predicted molar refractivity (Wildman–Crippen MR) is 78.6 cm³/mol. The summed E-state index contributed by atoms with van der Waals surface area (Å²) < 4.78 is 0. The van der Waals surface area contributed by atoms with Gasteiger partial charge >= 0.3 is 5.97 Å². The molecule has 0 aliphatic carbocycles. The first kappa shape index (κ1) is 18.4. The highest BCUT2D eigenvalue weighted by Gasteiger charge is 2.29. The number of carboxylic acid groups (broad SMARTS) is 1. The second-order valence-electron chi connectivity index (χ2n) is 5.34. The van der Waals surface area contributed by atoms with Crippen LogP contribution >= 0.6 is 0 Å². The van der Waals surface area contributed by atoms with Crippen molar-refractivity contribution in [2.45, 2.75) is 84.1 Å². The quantitative estimate of drug-likeness (QED) is 0.396. The molecule has 0 aliphatic heterocycles. The van der Waals surface area contributed by atoms with Crippen molar-refractivity contribution in [3.63, 3.8) is 0 Å². The Hall–Kier alpha value is -0.650. The van der Waals surface area contributed by atoms with Crippen LogP contribution in [0.4, 0.5) is 0 Å². The number of hydrogen-bond acceptors (Lipinski definition) is 4. The lowest BCUT2D eigenvalue weighted by Gasteiger charge is -2.35. The summed E-state index contributed by atoms with van der Waals surface area (Å²) in [7, 11) is 0. The molecule has 19 heavy (non-hydrogen) atoms. The molecule has 0 spiro atoms. The Morgan fingerprint density at radius 3 is 1.95 bits per heavy atom. The standard InChI is InChI=1S/C14H31N3O2/c1-4-5-6-7-8-9-10-13(14(18)19)17(11(2)15)12(3)16/h11-13H,4-10,15-16H2,1-3H3,(H,18,19). The second-order valence-corrected chi connectivity index (χ2v) is 5.34. The van der Waals surface area contributed by atoms with Gasteiger partial charge in [0.2, 0.25) is 0 Å². The van der Waals surface area contributed by atoms with Gasteiger partial charge in [0.05, 0.1) is 12.3 Å². The molecule has 0 aromatic carbocycles. The fraction of sp³-hybridized carbons (Fsp3) is 0.929. The summed E-state index contributed by atoms with van der Waals surface area (Å²) in [5, 5.41) is 9.33. The number of aliphatic carboxylic acids is 1. The van der Waals surface area contributed by atoms with E-state index in [0.717, 1.165) is 12.8 Å². The van der Waals surface area contributed by atoms with Crippen LogP contribution in [0.25, 0.3) is 0 Å². The van der Waals surface area contributed by atoms with Gasteiger partial charge in [-0.25, -0.2) is 0 Å². The van der Waals surface area contributed by atoms with Crippen LogP contribution < -0.4 is 11.5 Å². The monoisotopic (exact) mass is 273 g/mol. The fourth-order valence-corrected chi connectivity index (χ4v) is 2.46. The van der Waals surface area contributed by atoms with Gasteiger partial charge in [0, 0.05) is 0 Å².